The van der Waals surface area contributed by atoms with Gasteiger partial charge in [0.25, 0.3) is 0 Å². The zero-order valence-corrected chi connectivity index (χ0v) is 11.5. The smallest absolute Gasteiger partial charge is 0.132 e. The molecule has 1 aliphatic rings. The van der Waals surface area contributed by atoms with Gasteiger partial charge in [0.05, 0.1) is 0 Å². The number of hydrogen-bond donors (Lipinski definition) is 1. The van der Waals surface area contributed by atoms with E-state index in [-0.39, 0.29) is 0 Å². The summed E-state index contributed by atoms with van der Waals surface area (Å²) in [7, 11) is 4.11. The van der Waals surface area contributed by atoms with Crippen molar-refractivity contribution in [3.05, 3.63) is 23.9 Å². The van der Waals surface area contributed by atoms with E-state index >= 15 is 0 Å². The summed E-state index contributed by atoms with van der Waals surface area (Å²) in [5.41, 5.74) is 1.27. The summed E-state index contributed by atoms with van der Waals surface area (Å²) in [4.78, 5) is 9.32. The summed E-state index contributed by atoms with van der Waals surface area (Å²) in [6.45, 7) is 5.59. The van der Waals surface area contributed by atoms with Crippen LogP contribution in [-0.4, -0.2) is 50.2 Å². The first kappa shape index (κ1) is 13.3. The Morgan fingerprint density at radius 3 is 2.89 bits per heavy atom. The van der Waals surface area contributed by atoms with Crippen LogP contribution in [-0.2, 0) is 6.54 Å². The molecular weight excluding hydrogens is 224 g/mol. The molecule has 2 rings (SSSR count). The summed E-state index contributed by atoms with van der Waals surface area (Å²) in [6.07, 6.45) is 4.59. The minimum Gasteiger partial charge on any atom is -0.358 e. The van der Waals surface area contributed by atoms with Crippen molar-refractivity contribution in [2.45, 2.75) is 19.4 Å². The maximum atomic E-state index is 4.51. The van der Waals surface area contributed by atoms with Gasteiger partial charge in [-0.25, -0.2) is 4.98 Å². The van der Waals surface area contributed by atoms with Gasteiger partial charge < -0.3 is 15.1 Å². The van der Waals surface area contributed by atoms with Crippen molar-refractivity contribution in [3.8, 4) is 0 Å². The lowest BCUT2D eigenvalue weighted by Gasteiger charge is -2.24. The molecule has 0 aromatic carbocycles. The fraction of sp³-hybridized carbons (Fsp3) is 0.643. The van der Waals surface area contributed by atoms with Gasteiger partial charge in [-0.3, -0.25) is 0 Å². The number of likely N-dealkylation sites (tertiary alicyclic amines) is 1. The summed E-state index contributed by atoms with van der Waals surface area (Å²) in [5.74, 6) is 1.10. The van der Waals surface area contributed by atoms with E-state index in [9.17, 15) is 0 Å². The number of nitrogens with one attached hydrogen (secondary N) is 1. The Labute approximate surface area is 110 Å². The molecular formula is C14H24N4. The van der Waals surface area contributed by atoms with Gasteiger partial charge in [0, 0.05) is 38.4 Å². The maximum absolute atomic E-state index is 4.51. The van der Waals surface area contributed by atoms with E-state index in [0.29, 0.717) is 0 Å². The highest BCUT2D eigenvalue weighted by molar-refractivity contribution is 5.45. The highest BCUT2D eigenvalue weighted by Gasteiger charge is 2.13. The van der Waals surface area contributed by atoms with Gasteiger partial charge in [0.1, 0.15) is 5.82 Å². The SMILES string of the molecule is CNCc1cccnc1N(C)CCN1CCCC1. The van der Waals surface area contributed by atoms with Crippen LogP contribution in [0, 0.1) is 0 Å². The second kappa shape index (κ2) is 6.71. The molecule has 1 aromatic heterocycles. The maximum Gasteiger partial charge on any atom is 0.132 e. The number of rotatable bonds is 6. The first-order chi connectivity index (χ1) is 8.81. The summed E-state index contributed by atoms with van der Waals surface area (Å²) >= 11 is 0. The predicted octanol–water partition coefficient (Wildman–Crippen LogP) is 1.33. The fourth-order valence-corrected chi connectivity index (χ4v) is 2.51. The average Bonchev–Trinajstić information content (AvgIpc) is 2.90. The second-order valence-electron chi connectivity index (χ2n) is 4.99. The molecule has 1 aliphatic heterocycles. The summed E-state index contributed by atoms with van der Waals surface area (Å²) < 4.78 is 0. The molecule has 0 unspecified atom stereocenters. The van der Waals surface area contributed by atoms with E-state index in [4.69, 9.17) is 0 Å². The van der Waals surface area contributed by atoms with E-state index in [1.807, 2.05) is 19.3 Å². The lowest BCUT2D eigenvalue weighted by molar-refractivity contribution is 0.346. The van der Waals surface area contributed by atoms with Crippen LogP contribution in [0.25, 0.3) is 0 Å². The Bertz CT molecular complexity index is 361. The Balaban J connectivity index is 1.92. The van der Waals surface area contributed by atoms with Crippen LogP contribution in [0.5, 0.6) is 0 Å². The van der Waals surface area contributed by atoms with E-state index in [2.05, 4.69) is 33.2 Å². The lowest BCUT2D eigenvalue weighted by Crippen LogP contribution is -2.32. The second-order valence-corrected chi connectivity index (χ2v) is 4.99. The van der Waals surface area contributed by atoms with Gasteiger partial charge in [-0.2, -0.15) is 0 Å². The molecule has 0 spiro atoms. The molecule has 1 N–H and O–H groups in total. The van der Waals surface area contributed by atoms with Crippen LogP contribution in [0.1, 0.15) is 18.4 Å². The zero-order chi connectivity index (χ0) is 12.8. The molecule has 1 aromatic rings. The van der Waals surface area contributed by atoms with Gasteiger partial charge >= 0.3 is 0 Å². The normalized spacial score (nSPS) is 16.1. The molecule has 0 radical (unpaired) electrons. The minimum absolute atomic E-state index is 0.872. The number of anilines is 1. The van der Waals surface area contributed by atoms with Crippen LogP contribution in [0.15, 0.2) is 18.3 Å². The molecule has 0 aliphatic carbocycles. The summed E-state index contributed by atoms with van der Waals surface area (Å²) in [5, 5.41) is 3.20. The molecule has 2 heterocycles. The van der Waals surface area contributed by atoms with Gasteiger partial charge in [-0.05, 0) is 39.0 Å². The van der Waals surface area contributed by atoms with E-state index in [1.54, 1.807) is 0 Å². The highest BCUT2D eigenvalue weighted by atomic mass is 15.2. The molecule has 18 heavy (non-hydrogen) atoms. The number of pyridine rings is 1. The third kappa shape index (κ3) is 3.43. The molecule has 0 saturated carbocycles. The van der Waals surface area contributed by atoms with E-state index < -0.39 is 0 Å². The monoisotopic (exact) mass is 248 g/mol. The van der Waals surface area contributed by atoms with Crippen molar-refractivity contribution < 1.29 is 0 Å². The number of nitrogens with zero attached hydrogens (tertiary/aromatic N) is 3. The Hall–Kier alpha value is -1.13. The van der Waals surface area contributed by atoms with Crippen molar-refractivity contribution >= 4 is 5.82 Å². The molecule has 100 valence electrons. The topological polar surface area (TPSA) is 31.4 Å². The molecule has 4 nitrogen and oxygen atoms in total. The Morgan fingerprint density at radius 1 is 1.39 bits per heavy atom. The van der Waals surface area contributed by atoms with Crippen LogP contribution >= 0.6 is 0 Å². The van der Waals surface area contributed by atoms with Crippen molar-refractivity contribution in [2.24, 2.45) is 0 Å². The highest BCUT2D eigenvalue weighted by Crippen LogP contribution is 2.16. The third-order valence-corrected chi connectivity index (χ3v) is 3.55. The van der Waals surface area contributed by atoms with Crippen molar-refractivity contribution in [2.75, 3.05) is 45.2 Å². The summed E-state index contributed by atoms with van der Waals surface area (Å²) in [6, 6.07) is 4.15. The molecule has 0 amide bonds. The molecule has 1 saturated heterocycles. The first-order valence-corrected chi connectivity index (χ1v) is 6.83. The van der Waals surface area contributed by atoms with Crippen molar-refractivity contribution in [3.63, 3.8) is 0 Å². The fourth-order valence-electron chi connectivity index (χ4n) is 2.51. The standard InChI is InChI=1S/C14H24N4/c1-15-12-13-6-5-7-16-14(13)17(2)10-11-18-8-3-4-9-18/h5-7,15H,3-4,8-12H2,1-2H3. The van der Waals surface area contributed by atoms with Gasteiger partial charge in [0.15, 0.2) is 0 Å². The zero-order valence-electron chi connectivity index (χ0n) is 11.5. The molecule has 0 atom stereocenters. The number of likely N-dealkylation sites (N-methyl/N-ethyl adjacent to an activating group) is 1. The quantitative estimate of drug-likeness (QED) is 0.823. The van der Waals surface area contributed by atoms with Crippen LogP contribution < -0.4 is 10.2 Å². The largest absolute Gasteiger partial charge is 0.358 e. The van der Waals surface area contributed by atoms with E-state index in [0.717, 1.165) is 25.5 Å². The number of aromatic nitrogens is 1. The molecule has 4 heteroatoms. The lowest BCUT2D eigenvalue weighted by atomic mass is 10.2. The van der Waals surface area contributed by atoms with Crippen LogP contribution in [0.2, 0.25) is 0 Å². The van der Waals surface area contributed by atoms with Crippen molar-refractivity contribution in [1.82, 2.24) is 15.2 Å². The Kier molecular flexibility index (Phi) is 4.96. The third-order valence-electron chi connectivity index (χ3n) is 3.55. The predicted molar refractivity (Wildman–Crippen MR) is 75.9 cm³/mol. The van der Waals surface area contributed by atoms with E-state index in [1.165, 1.54) is 31.5 Å². The van der Waals surface area contributed by atoms with Gasteiger partial charge in [0.2, 0.25) is 0 Å². The number of hydrogen-bond acceptors (Lipinski definition) is 4. The average molecular weight is 248 g/mol. The van der Waals surface area contributed by atoms with Gasteiger partial charge in [-0.1, -0.05) is 6.07 Å². The van der Waals surface area contributed by atoms with Crippen LogP contribution in [0.4, 0.5) is 5.82 Å². The molecule has 0 bridgehead atoms. The first-order valence-electron chi connectivity index (χ1n) is 6.83. The Morgan fingerprint density at radius 2 is 2.17 bits per heavy atom. The molecule has 1 fully saturated rings. The van der Waals surface area contributed by atoms with Gasteiger partial charge in [-0.15, -0.1) is 0 Å². The van der Waals surface area contributed by atoms with Crippen molar-refractivity contribution in [1.29, 1.82) is 0 Å². The minimum atomic E-state index is 0.872. The van der Waals surface area contributed by atoms with Crippen LogP contribution in [0.3, 0.4) is 0 Å².